The van der Waals surface area contributed by atoms with E-state index in [1.807, 2.05) is 66.9 Å². The van der Waals surface area contributed by atoms with Gasteiger partial charge in [-0.05, 0) is 48.4 Å². The molecule has 0 saturated heterocycles. The first-order valence-electron chi connectivity index (χ1n) is 11.3. The third-order valence-corrected chi connectivity index (χ3v) is 6.45. The van der Waals surface area contributed by atoms with E-state index in [-0.39, 0.29) is 12.5 Å². The largest absolute Gasteiger partial charge is 0.486 e. The summed E-state index contributed by atoms with van der Waals surface area (Å²) in [6.07, 6.45) is 1.77. The molecule has 1 atom stereocenters. The maximum atomic E-state index is 12.7. The Hall–Kier alpha value is -3.91. The van der Waals surface area contributed by atoms with Crippen LogP contribution in [0.2, 0.25) is 0 Å². The molecule has 0 radical (unpaired) electrons. The molecule has 0 spiro atoms. The molecule has 0 fully saturated rings. The Morgan fingerprint density at radius 3 is 2.63 bits per heavy atom. The predicted molar refractivity (Wildman–Crippen MR) is 141 cm³/mol. The Bertz CT molecular complexity index is 1350. The minimum Gasteiger partial charge on any atom is -0.486 e. The van der Waals surface area contributed by atoms with Gasteiger partial charge in [-0.1, -0.05) is 72.4 Å². The summed E-state index contributed by atoms with van der Waals surface area (Å²) >= 11 is 1.31. The van der Waals surface area contributed by atoms with Crippen LogP contribution in [-0.2, 0) is 17.9 Å². The van der Waals surface area contributed by atoms with Crippen molar-refractivity contribution in [3.63, 3.8) is 0 Å². The van der Waals surface area contributed by atoms with Gasteiger partial charge in [0.2, 0.25) is 0 Å². The van der Waals surface area contributed by atoms with Gasteiger partial charge >= 0.3 is 0 Å². The summed E-state index contributed by atoms with van der Waals surface area (Å²) in [6, 6.07) is 23.8. The molecule has 0 saturated carbocycles. The number of nitrogens with one attached hydrogen (secondary N) is 1. The van der Waals surface area contributed by atoms with Crippen molar-refractivity contribution in [3.05, 3.63) is 96.8 Å². The van der Waals surface area contributed by atoms with E-state index in [0.717, 1.165) is 27.8 Å². The lowest BCUT2D eigenvalue weighted by Crippen LogP contribution is -2.28. The molecule has 3 aromatic carbocycles. The number of hydrogen-bond donors (Lipinski definition) is 1. The van der Waals surface area contributed by atoms with Crippen molar-refractivity contribution >= 4 is 34.2 Å². The first-order chi connectivity index (χ1) is 17.0. The highest BCUT2D eigenvalue weighted by Gasteiger charge is 2.20. The maximum Gasteiger partial charge on any atom is 0.253 e. The fourth-order valence-corrected chi connectivity index (χ4v) is 4.28. The zero-order valence-corrected chi connectivity index (χ0v) is 20.5. The summed E-state index contributed by atoms with van der Waals surface area (Å²) < 4.78 is 7.71. The number of allylic oxidation sites excluding steroid dienone is 1. The van der Waals surface area contributed by atoms with Gasteiger partial charge < -0.3 is 4.74 Å². The molecule has 1 N–H and O–H groups in total. The van der Waals surface area contributed by atoms with Crippen LogP contribution in [-0.4, -0.2) is 31.6 Å². The van der Waals surface area contributed by atoms with Gasteiger partial charge in [-0.25, -0.2) is 5.43 Å². The Morgan fingerprint density at radius 2 is 1.86 bits per heavy atom. The standard InChI is InChI=1S/C27H27N5O2S/c1-4-16-32-25(18-34-24-12-6-5-7-13-24)29-31-27(32)35-20(3)26(33)30-28-19(2)22-15-14-21-10-8-9-11-23(21)17-22/h4-15,17,20H,1,16,18H2,2-3H3,(H,30,33)/t20-/m0/s1. The van der Waals surface area contributed by atoms with Crippen molar-refractivity contribution in [3.8, 4) is 5.75 Å². The molecule has 0 bridgehead atoms. The van der Waals surface area contributed by atoms with Crippen molar-refractivity contribution < 1.29 is 9.53 Å². The van der Waals surface area contributed by atoms with Gasteiger partial charge in [0.1, 0.15) is 12.4 Å². The average Bonchev–Trinajstić information content (AvgIpc) is 3.27. The molecule has 1 amide bonds. The number of para-hydroxylation sites is 1. The minimum atomic E-state index is -0.432. The number of nitrogens with zero attached hydrogens (tertiary/aromatic N) is 4. The molecule has 35 heavy (non-hydrogen) atoms. The number of hydrogen-bond acceptors (Lipinski definition) is 6. The van der Waals surface area contributed by atoms with Crippen LogP contribution in [0.5, 0.6) is 5.75 Å². The van der Waals surface area contributed by atoms with Gasteiger partial charge in [0.05, 0.1) is 11.0 Å². The molecule has 178 valence electrons. The van der Waals surface area contributed by atoms with E-state index in [1.165, 1.54) is 11.8 Å². The highest BCUT2D eigenvalue weighted by atomic mass is 32.2. The second-order valence-corrected chi connectivity index (χ2v) is 9.20. The first-order valence-corrected chi connectivity index (χ1v) is 12.1. The van der Waals surface area contributed by atoms with Gasteiger partial charge in [0, 0.05) is 6.54 Å². The third-order valence-electron chi connectivity index (χ3n) is 5.37. The minimum absolute atomic E-state index is 0.217. The summed E-state index contributed by atoms with van der Waals surface area (Å²) in [6.45, 7) is 8.29. The summed E-state index contributed by atoms with van der Waals surface area (Å²) in [4.78, 5) is 12.7. The number of fused-ring (bicyclic) bond motifs is 1. The summed E-state index contributed by atoms with van der Waals surface area (Å²) in [5, 5.41) is 15.3. The van der Waals surface area contributed by atoms with Gasteiger partial charge in [-0.3, -0.25) is 9.36 Å². The van der Waals surface area contributed by atoms with Crippen molar-refractivity contribution in [2.24, 2.45) is 5.10 Å². The van der Waals surface area contributed by atoms with Gasteiger partial charge in [0.15, 0.2) is 11.0 Å². The van der Waals surface area contributed by atoms with E-state index < -0.39 is 5.25 Å². The first kappa shape index (κ1) is 24.2. The second kappa shape index (κ2) is 11.5. The number of carbonyl (C=O) groups is 1. The van der Waals surface area contributed by atoms with Crippen molar-refractivity contribution in [2.75, 3.05) is 0 Å². The number of rotatable bonds is 10. The van der Waals surface area contributed by atoms with Crippen molar-refractivity contribution in [1.82, 2.24) is 20.2 Å². The zero-order chi connectivity index (χ0) is 24.6. The average molecular weight is 486 g/mol. The number of ether oxygens (including phenoxy) is 1. The lowest BCUT2D eigenvalue weighted by molar-refractivity contribution is -0.120. The molecule has 4 aromatic rings. The number of aromatic nitrogens is 3. The molecule has 0 unspecified atom stereocenters. The smallest absolute Gasteiger partial charge is 0.253 e. The third kappa shape index (κ3) is 6.16. The van der Waals surface area contributed by atoms with E-state index in [4.69, 9.17) is 4.74 Å². The van der Waals surface area contributed by atoms with E-state index in [0.29, 0.717) is 17.5 Å². The molecule has 8 heteroatoms. The number of thioether (sulfide) groups is 1. The summed E-state index contributed by atoms with van der Waals surface area (Å²) in [5.41, 5.74) is 4.37. The highest BCUT2D eigenvalue weighted by molar-refractivity contribution is 8.00. The van der Waals surface area contributed by atoms with Crippen LogP contribution in [0.15, 0.2) is 95.7 Å². The second-order valence-electron chi connectivity index (χ2n) is 7.90. The van der Waals surface area contributed by atoms with Crippen LogP contribution in [0.25, 0.3) is 10.8 Å². The monoisotopic (exact) mass is 485 g/mol. The van der Waals surface area contributed by atoms with Gasteiger partial charge in [-0.2, -0.15) is 5.10 Å². The Balaban J connectivity index is 1.39. The Morgan fingerprint density at radius 1 is 1.11 bits per heavy atom. The zero-order valence-electron chi connectivity index (χ0n) is 19.7. The van der Waals surface area contributed by atoms with Gasteiger partial charge in [-0.15, -0.1) is 16.8 Å². The molecule has 4 rings (SSSR count). The summed E-state index contributed by atoms with van der Waals surface area (Å²) in [7, 11) is 0. The highest BCUT2D eigenvalue weighted by Crippen LogP contribution is 2.23. The number of amides is 1. The quantitative estimate of drug-likeness (QED) is 0.144. The van der Waals surface area contributed by atoms with Crippen molar-refractivity contribution in [1.29, 1.82) is 0 Å². The molecule has 1 aromatic heterocycles. The molecule has 7 nitrogen and oxygen atoms in total. The normalized spacial score (nSPS) is 12.3. The van der Waals surface area contributed by atoms with Crippen LogP contribution < -0.4 is 10.2 Å². The lowest BCUT2D eigenvalue weighted by Gasteiger charge is -2.12. The summed E-state index contributed by atoms with van der Waals surface area (Å²) in [5.74, 6) is 1.20. The van der Waals surface area contributed by atoms with Crippen LogP contribution in [0.3, 0.4) is 0 Å². The van der Waals surface area contributed by atoms with E-state index in [1.54, 1.807) is 6.08 Å². The van der Waals surface area contributed by atoms with Crippen LogP contribution >= 0.6 is 11.8 Å². The fraction of sp³-hybridized carbons (Fsp3) is 0.185. The molecule has 1 heterocycles. The van der Waals surface area contributed by atoms with Crippen LogP contribution in [0.4, 0.5) is 0 Å². The molecule has 0 aliphatic rings. The van der Waals surface area contributed by atoms with E-state index in [2.05, 4.69) is 51.6 Å². The Kier molecular flexibility index (Phi) is 7.95. The van der Waals surface area contributed by atoms with E-state index >= 15 is 0 Å². The number of carbonyl (C=O) groups excluding carboxylic acids is 1. The van der Waals surface area contributed by atoms with Gasteiger partial charge in [0.25, 0.3) is 5.91 Å². The van der Waals surface area contributed by atoms with Crippen LogP contribution in [0.1, 0.15) is 25.2 Å². The van der Waals surface area contributed by atoms with Crippen molar-refractivity contribution in [2.45, 2.75) is 37.4 Å². The topological polar surface area (TPSA) is 81.4 Å². The molecular formula is C27H27N5O2S. The molecule has 0 aliphatic heterocycles. The molecular weight excluding hydrogens is 458 g/mol. The Labute approximate surface area is 208 Å². The number of benzene rings is 3. The maximum absolute atomic E-state index is 12.7. The van der Waals surface area contributed by atoms with E-state index in [9.17, 15) is 4.79 Å². The van der Waals surface area contributed by atoms with Crippen LogP contribution in [0, 0.1) is 0 Å². The SMILES string of the molecule is C=CCn1c(COc2ccccc2)nnc1S[C@@H](C)C(=O)NN=C(C)c1ccc2ccccc2c1. The fourth-order valence-electron chi connectivity index (χ4n) is 3.41. The number of hydrazone groups is 1. The molecule has 0 aliphatic carbocycles. The predicted octanol–water partition coefficient (Wildman–Crippen LogP) is 5.22. The lowest BCUT2D eigenvalue weighted by atomic mass is 10.0.